The van der Waals surface area contributed by atoms with Gasteiger partial charge < -0.3 is 4.74 Å². The van der Waals surface area contributed by atoms with Crippen LogP contribution in [-0.2, 0) is 27.5 Å². The first-order valence-corrected chi connectivity index (χ1v) is 13.2. The smallest absolute Gasteiger partial charge is 0.365 e. The molecule has 9 heteroatoms. The van der Waals surface area contributed by atoms with Gasteiger partial charge in [-0.25, -0.2) is 8.42 Å². The number of aryl methyl sites for hydroxylation is 1. The minimum atomic E-state index is -4.46. The summed E-state index contributed by atoms with van der Waals surface area (Å²) >= 11 is 5.96. The van der Waals surface area contributed by atoms with Crippen LogP contribution in [0, 0.1) is 5.41 Å². The molecule has 2 fully saturated rings. The quantitative estimate of drug-likeness (QED) is 0.517. The van der Waals surface area contributed by atoms with Gasteiger partial charge in [-0.2, -0.15) is 13.2 Å². The lowest BCUT2D eigenvalue weighted by Crippen LogP contribution is -2.67. The normalized spacial score (nSPS) is 26.3. The Morgan fingerprint density at radius 1 is 1.03 bits per heavy atom. The molecule has 0 amide bonds. The summed E-state index contributed by atoms with van der Waals surface area (Å²) in [4.78, 5) is 2.26. The van der Waals surface area contributed by atoms with Crippen LogP contribution in [0.5, 0.6) is 0 Å². The van der Waals surface area contributed by atoms with Crippen LogP contribution >= 0.6 is 11.6 Å². The summed E-state index contributed by atoms with van der Waals surface area (Å²) in [6.45, 7) is 1.50. The van der Waals surface area contributed by atoms with Crippen LogP contribution in [0.25, 0.3) is 0 Å². The Hall–Kier alpha value is -1.61. The van der Waals surface area contributed by atoms with E-state index in [1.807, 2.05) is 12.1 Å². The van der Waals surface area contributed by atoms with Gasteiger partial charge in [-0.1, -0.05) is 35.9 Å². The first kappa shape index (κ1) is 24.5. The van der Waals surface area contributed by atoms with E-state index in [1.165, 1.54) is 12.1 Å². The number of rotatable bonds is 7. The molecule has 0 saturated carbocycles. The lowest BCUT2D eigenvalue weighted by molar-refractivity contribution is -0.366. The van der Waals surface area contributed by atoms with Gasteiger partial charge in [0.25, 0.3) is 0 Å². The van der Waals surface area contributed by atoms with Crippen LogP contribution in [0.3, 0.4) is 0 Å². The van der Waals surface area contributed by atoms with Gasteiger partial charge in [-0.3, -0.25) is 4.90 Å². The minimum Gasteiger partial charge on any atom is -0.365 e. The van der Waals surface area contributed by atoms with Gasteiger partial charge in [0.15, 0.2) is 15.4 Å². The van der Waals surface area contributed by atoms with Crippen LogP contribution in [0.2, 0.25) is 5.02 Å². The SMILES string of the molecule is CS(=O)(=O)c1ccc(CC[C@@]2([C@@]3(C(F)(F)F)CCO3)CCN(Cc3ccc(Cl)cc3)C2)cc1. The molecule has 0 spiro atoms. The molecule has 2 heterocycles. The molecule has 0 unspecified atom stereocenters. The van der Waals surface area contributed by atoms with Crippen molar-refractivity contribution in [1.29, 1.82) is 0 Å². The standard InChI is InChI=1S/C24H27ClF3NO3S/c1-33(30,31)21-8-4-18(5-9-21)10-11-22(23(13-15-32-23)24(26,27)28)12-14-29(17-22)16-19-2-6-20(25)7-3-19/h2-9H,10-17H2,1H3/t22-,23-/m1/s1. The summed E-state index contributed by atoms with van der Waals surface area (Å²) in [6.07, 6.45) is -2.24. The fourth-order valence-corrected chi connectivity index (χ4v) is 5.97. The second-order valence-electron chi connectivity index (χ2n) is 9.21. The Kier molecular flexibility index (Phi) is 6.59. The third-order valence-corrected chi connectivity index (χ3v) is 8.49. The average Bonchev–Trinajstić information content (AvgIpc) is 3.09. The van der Waals surface area contributed by atoms with Crippen LogP contribution in [0.1, 0.15) is 30.4 Å². The van der Waals surface area contributed by atoms with Crippen LogP contribution in [0.15, 0.2) is 53.4 Å². The summed E-state index contributed by atoms with van der Waals surface area (Å²) in [5.74, 6) is 0. The summed E-state index contributed by atoms with van der Waals surface area (Å²) in [5, 5.41) is 0.621. The van der Waals surface area contributed by atoms with Crippen LogP contribution in [-0.4, -0.2) is 51.0 Å². The average molecular weight is 502 g/mol. The molecule has 33 heavy (non-hydrogen) atoms. The summed E-state index contributed by atoms with van der Waals surface area (Å²) < 4.78 is 71.8. The van der Waals surface area contributed by atoms with Crippen molar-refractivity contribution in [2.45, 2.75) is 48.9 Å². The first-order chi connectivity index (χ1) is 15.4. The van der Waals surface area contributed by atoms with E-state index in [4.69, 9.17) is 16.3 Å². The molecule has 180 valence electrons. The molecule has 2 atom stereocenters. The molecule has 0 radical (unpaired) electrons. The van der Waals surface area contributed by atoms with Crippen molar-refractivity contribution in [2.24, 2.45) is 5.41 Å². The molecule has 4 nitrogen and oxygen atoms in total. The Bertz CT molecular complexity index is 1080. The number of nitrogens with zero attached hydrogens (tertiary/aromatic N) is 1. The van der Waals surface area contributed by atoms with E-state index in [-0.39, 0.29) is 24.5 Å². The van der Waals surface area contributed by atoms with Gasteiger partial charge in [0.1, 0.15) is 0 Å². The lowest BCUT2D eigenvalue weighted by atomic mass is 9.63. The maximum absolute atomic E-state index is 14.3. The molecule has 2 aromatic carbocycles. The predicted octanol–water partition coefficient (Wildman–Crippen LogP) is 5.29. The minimum absolute atomic E-state index is 0.0295. The van der Waals surface area contributed by atoms with Crippen molar-refractivity contribution in [2.75, 3.05) is 26.0 Å². The van der Waals surface area contributed by atoms with Gasteiger partial charge in [-0.05, 0) is 61.2 Å². The number of alkyl halides is 3. The molecule has 2 aromatic rings. The van der Waals surface area contributed by atoms with Crippen molar-refractivity contribution in [3.05, 3.63) is 64.7 Å². The number of ether oxygens (including phenoxy) is 1. The van der Waals surface area contributed by atoms with E-state index in [0.29, 0.717) is 37.4 Å². The largest absolute Gasteiger partial charge is 0.418 e. The van der Waals surface area contributed by atoms with E-state index >= 15 is 0 Å². The molecule has 0 bridgehead atoms. The molecule has 2 saturated heterocycles. The van der Waals surface area contributed by atoms with Crippen molar-refractivity contribution in [1.82, 2.24) is 4.90 Å². The Balaban J connectivity index is 1.56. The van der Waals surface area contributed by atoms with Crippen molar-refractivity contribution in [3.8, 4) is 0 Å². The van der Waals surface area contributed by atoms with Crippen molar-refractivity contribution < 1.29 is 26.3 Å². The van der Waals surface area contributed by atoms with Gasteiger partial charge in [0, 0.05) is 36.2 Å². The number of likely N-dealkylation sites (tertiary alicyclic amines) is 1. The van der Waals surface area contributed by atoms with Gasteiger partial charge in [-0.15, -0.1) is 0 Å². The van der Waals surface area contributed by atoms with E-state index in [2.05, 4.69) is 4.90 Å². The number of sulfone groups is 1. The van der Waals surface area contributed by atoms with Gasteiger partial charge in [0.05, 0.1) is 11.5 Å². The first-order valence-electron chi connectivity index (χ1n) is 10.9. The third-order valence-electron chi connectivity index (χ3n) is 7.11. The van der Waals surface area contributed by atoms with E-state index in [1.54, 1.807) is 24.3 Å². The molecular formula is C24H27ClF3NO3S. The monoisotopic (exact) mass is 501 g/mol. The summed E-state index contributed by atoms with van der Waals surface area (Å²) in [6, 6.07) is 13.8. The summed E-state index contributed by atoms with van der Waals surface area (Å²) in [7, 11) is -3.32. The van der Waals surface area contributed by atoms with E-state index < -0.39 is 27.0 Å². The molecule has 0 aliphatic carbocycles. The van der Waals surface area contributed by atoms with Crippen LogP contribution < -0.4 is 0 Å². The molecule has 0 aromatic heterocycles. The molecule has 2 aliphatic heterocycles. The number of benzene rings is 2. The molecule has 4 rings (SSSR count). The van der Waals surface area contributed by atoms with Gasteiger partial charge in [0.2, 0.25) is 0 Å². The highest BCUT2D eigenvalue weighted by molar-refractivity contribution is 7.90. The van der Waals surface area contributed by atoms with Gasteiger partial charge >= 0.3 is 6.18 Å². The second kappa shape index (κ2) is 8.87. The maximum atomic E-state index is 14.3. The lowest BCUT2D eigenvalue weighted by Gasteiger charge is -2.54. The highest BCUT2D eigenvalue weighted by atomic mass is 35.5. The maximum Gasteiger partial charge on any atom is 0.418 e. The highest BCUT2D eigenvalue weighted by Crippen LogP contribution is 2.59. The number of hydrogen-bond donors (Lipinski definition) is 0. The third kappa shape index (κ3) is 4.81. The summed E-state index contributed by atoms with van der Waals surface area (Å²) in [5.41, 5.74) is -1.39. The van der Waals surface area contributed by atoms with Crippen molar-refractivity contribution >= 4 is 21.4 Å². The molecule has 2 aliphatic rings. The molecule has 0 N–H and O–H groups in total. The van der Waals surface area contributed by atoms with E-state index in [9.17, 15) is 21.6 Å². The Morgan fingerprint density at radius 2 is 1.64 bits per heavy atom. The Morgan fingerprint density at radius 3 is 2.15 bits per heavy atom. The number of hydrogen-bond acceptors (Lipinski definition) is 4. The topological polar surface area (TPSA) is 46.6 Å². The van der Waals surface area contributed by atoms with Crippen LogP contribution in [0.4, 0.5) is 13.2 Å². The zero-order valence-electron chi connectivity index (χ0n) is 18.4. The fraction of sp³-hybridized carbons (Fsp3) is 0.500. The van der Waals surface area contributed by atoms with E-state index in [0.717, 1.165) is 17.4 Å². The number of halogens is 4. The fourth-order valence-electron chi connectivity index (χ4n) is 5.21. The highest BCUT2D eigenvalue weighted by Gasteiger charge is 2.71. The second-order valence-corrected chi connectivity index (χ2v) is 11.7. The molecular weight excluding hydrogens is 475 g/mol. The Labute approximate surface area is 197 Å². The zero-order valence-corrected chi connectivity index (χ0v) is 19.9. The van der Waals surface area contributed by atoms with Crippen molar-refractivity contribution in [3.63, 3.8) is 0 Å². The predicted molar refractivity (Wildman–Crippen MR) is 121 cm³/mol. The zero-order chi connectivity index (χ0) is 23.9.